The van der Waals surface area contributed by atoms with Crippen molar-refractivity contribution in [3.05, 3.63) is 71.8 Å². The van der Waals surface area contributed by atoms with Crippen LogP contribution < -0.4 is 5.32 Å². The molecule has 0 spiro atoms. The molecule has 142 valence electrons. The lowest BCUT2D eigenvalue weighted by Crippen LogP contribution is -2.33. The molecule has 1 aliphatic heterocycles. The first-order valence-electron chi connectivity index (χ1n) is 9.50. The van der Waals surface area contributed by atoms with Crippen LogP contribution in [0.15, 0.2) is 60.7 Å². The first kappa shape index (κ1) is 19.5. The highest BCUT2D eigenvalue weighted by Gasteiger charge is 2.18. The number of rotatable bonds is 8. The Morgan fingerprint density at radius 1 is 0.926 bits per heavy atom. The van der Waals surface area contributed by atoms with E-state index in [1.165, 1.54) is 11.1 Å². The van der Waals surface area contributed by atoms with Crippen molar-refractivity contribution in [1.82, 2.24) is 10.2 Å². The van der Waals surface area contributed by atoms with Crippen molar-refractivity contribution in [1.29, 1.82) is 0 Å². The summed E-state index contributed by atoms with van der Waals surface area (Å²) in [7, 11) is 0. The lowest BCUT2D eigenvalue weighted by Gasteiger charge is -2.18. The number of hydrogen-bond donors (Lipinski definition) is 1. The summed E-state index contributed by atoms with van der Waals surface area (Å²) in [6.07, 6.45) is 2.57. The van der Waals surface area contributed by atoms with Crippen LogP contribution in [0.4, 0.5) is 0 Å². The SMILES string of the molecule is O=C(CSC(c1ccccc1)c1ccccc1)NCCC(=O)N1CCCC1. The molecule has 0 radical (unpaired) electrons. The third-order valence-electron chi connectivity index (χ3n) is 4.71. The number of nitrogens with one attached hydrogen (secondary N) is 1. The monoisotopic (exact) mass is 382 g/mol. The van der Waals surface area contributed by atoms with Crippen LogP contribution >= 0.6 is 11.8 Å². The summed E-state index contributed by atoms with van der Waals surface area (Å²) < 4.78 is 0. The Balaban J connectivity index is 1.49. The molecule has 5 heteroatoms. The Morgan fingerprint density at radius 3 is 2.04 bits per heavy atom. The fourth-order valence-electron chi connectivity index (χ4n) is 3.28. The number of benzene rings is 2. The second-order valence-corrected chi connectivity index (χ2v) is 7.79. The van der Waals surface area contributed by atoms with Gasteiger partial charge in [0.1, 0.15) is 0 Å². The number of carbonyl (C=O) groups is 2. The van der Waals surface area contributed by atoms with Gasteiger partial charge in [-0.25, -0.2) is 0 Å². The highest BCUT2D eigenvalue weighted by Crippen LogP contribution is 2.35. The molecule has 0 aliphatic carbocycles. The molecule has 2 aromatic rings. The Kier molecular flexibility index (Phi) is 7.34. The van der Waals surface area contributed by atoms with Gasteiger partial charge in [0.25, 0.3) is 0 Å². The zero-order valence-electron chi connectivity index (χ0n) is 15.5. The van der Waals surface area contributed by atoms with Crippen LogP contribution in [0.1, 0.15) is 35.6 Å². The third-order valence-corrected chi connectivity index (χ3v) is 6.01. The summed E-state index contributed by atoms with van der Waals surface area (Å²) >= 11 is 1.61. The average Bonchev–Trinajstić information content (AvgIpc) is 3.25. The number of amides is 2. The van der Waals surface area contributed by atoms with Crippen LogP contribution in [-0.4, -0.2) is 42.1 Å². The largest absolute Gasteiger partial charge is 0.355 e. The highest BCUT2D eigenvalue weighted by molar-refractivity contribution is 8.00. The number of nitrogens with zero attached hydrogens (tertiary/aromatic N) is 1. The maximum Gasteiger partial charge on any atom is 0.230 e. The molecule has 1 N–H and O–H groups in total. The Morgan fingerprint density at radius 2 is 1.48 bits per heavy atom. The highest BCUT2D eigenvalue weighted by atomic mass is 32.2. The van der Waals surface area contributed by atoms with Crippen molar-refractivity contribution < 1.29 is 9.59 Å². The molecule has 1 fully saturated rings. The second kappa shape index (κ2) is 10.2. The van der Waals surface area contributed by atoms with Crippen LogP contribution in [0.5, 0.6) is 0 Å². The molecule has 0 atom stereocenters. The van der Waals surface area contributed by atoms with E-state index in [0.29, 0.717) is 18.7 Å². The van der Waals surface area contributed by atoms with Gasteiger partial charge in [0, 0.05) is 26.1 Å². The number of carbonyl (C=O) groups excluding carboxylic acids is 2. The summed E-state index contributed by atoms with van der Waals surface area (Å²) in [6, 6.07) is 20.5. The van der Waals surface area contributed by atoms with E-state index in [2.05, 4.69) is 29.6 Å². The average molecular weight is 383 g/mol. The van der Waals surface area contributed by atoms with Gasteiger partial charge in [0.15, 0.2) is 0 Å². The molecule has 0 bridgehead atoms. The molecule has 0 saturated carbocycles. The molecule has 1 aliphatic rings. The maximum absolute atomic E-state index is 12.3. The van der Waals surface area contributed by atoms with E-state index in [1.807, 2.05) is 41.3 Å². The standard InChI is InChI=1S/C22H26N2O2S/c25-20(23-14-13-21(26)24-15-7-8-16-24)17-27-22(18-9-3-1-4-10-18)19-11-5-2-6-12-19/h1-6,9-12,22H,7-8,13-17H2,(H,23,25). The van der Waals surface area contributed by atoms with Gasteiger partial charge < -0.3 is 10.2 Å². The van der Waals surface area contributed by atoms with Crippen LogP contribution in [-0.2, 0) is 9.59 Å². The summed E-state index contributed by atoms with van der Waals surface area (Å²) in [5, 5.41) is 3.00. The van der Waals surface area contributed by atoms with Crippen molar-refractivity contribution in [2.24, 2.45) is 0 Å². The number of hydrogen-bond acceptors (Lipinski definition) is 3. The Hall–Kier alpha value is -2.27. The van der Waals surface area contributed by atoms with Gasteiger partial charge in [-0.05, 0) is 24.0 Å². The minimum atomic E-state index is -0.0221. The Labute approximate surface area is 165 Å². The van der Waals surface area contributed by atoms with E-state index >= 15 is 0 Å². The predicted octanol–water partition coefficient (Wildman–Crippen LogP) is 3.64. The van der Waals surface area contributed by atoms with Gasteiger partial charge in [-0.3, -0.25) is 9.59 Å². The summed E-state index contributed by atoms with van der Waals surface area (Å²) in [6.45, 7) is 2.13. The maximum atomic E-state index is 12.3. The molecule has 1 heterocycles. The second-order valence-electron chi connectivity index (χ2n) is 6.70. The molecule has 0 aromatic heterocycles. The molecular weight excluding hydrogens is 356 g/mol. The van der Waals surface area contributed by atoms with Crippen LogP contribution in [0.25, 0.3) is 0 Å². The minimum absolute atomic E-state index is 0.0221. The lowest BCUT2D eigenvalue weighted by molar-refractivity contribution is -0.130. The van der Waals surface area contributed by atoms with Crippen LogP contribution in [0.2, 0.25) is 0 Å². The van der Waals surface area contributed by atoms with Gasteiger partial charge in [0.05, 0.1) is 11.0 Å². The van der Waals surface area contributed by atoms with Gasteiger partial charge >= 0.3 is 0 Å². The quantitative estimate of drug-likeness (QED) is 0.758. The van der Waals surface area contributed by atoms with E-state index < -0.39 is 0 Å². The first-order chi connectivity index (χ1) is 13.2. The predicted molar refractivity (Wildman–Crippen MR) is 111 cm³/mol. The minimum Gasteiger partial charge on any atom is -0.355 e. The number of thioether (sulfide) groups is 1. The molecule has 27 heavy (non-hydrogen) atoms. The number of likely N-dealkylation sites (tertiary alicyclic amines) is 1. The molecule has 0 unspecified atom stereocenters. The van der Waals surface area contributed by atoms with E-state index in [1.54, 1.807) is 11.8 Å². The molecule has 1 saturated heterocycles. The molecule has 2 amide bonds. The van der Waals surface area contributed by atoms with Crippen molar-refractivity contribution in [3.63, 3.8) is 0 Å². The van der Waals surface area contributed by atoms with Gasteiger partial charge in [0.2, 0.25) is 11.8 Å². The van der Waals surface area contributed by atoms with E-state index in [0.717, 1.165) is 25.9 Å². The smallest absolute Gasteiger partial charge is 0.230 e. The Bertz CT molecular complexity index is 691. The topological polar surface area (TPSA) is 49.4 Å². The van der Waals surface area contributed by atoms with E-state index in [4.69, 9.17) is 0 Å². The van der Waals surface area contributed by atoms with Crippen molar-refractivity contribution in [3.8, 4) is 0 Å². The normalized spacial score (nSPS) is 13.7. The van der Waals surface area contributed by atoms with Gasteiger partial charge in [-0.2, -0.15) is 0 Å². The van der Waals surface area contributed by atoms with Gasteiger partial charge in [-0.15, -0.1) is 11.8 Å². The summed E-state index contributed by atoms with van der Waals surface area (Å²) in [5.41, 5.74) is 2.37. The lowest BCUT2D eigenvalue weighted by atomic mass is 10.0. The van der Waals surface area contributed by atoms with Crippen LogP contribution in [0, 0.1) is 0 Å². The van der Waals surface area contributed by atoms with Gasteiger partial charge in [-0.1, -0.05) is 60.7 Å². The van der Waals surface area contributed by atoms with Crippen molar-refractivity contribution in [2.75, 3.05) is 25.4 Å². The van der Waals surface area contributed by atoms with E-state index in [9.17, 15) is 9.59 Å². The van der Waals surface area contributed by atoms with E-state index in [-0.39, 0.29) is 17.1 Å². The van der Waals surface area contributed by atoms with Crippen LogP contribution in [0.3, 0.4) is 0 Å². The molecule has 4 nitrogen and oxygen atoms in total. The van der Waals surface area contributed by atoms with Crippen molar-refractivity contribution >= 4 is 23.6 Å². The zero-order valence-corrected chi connectivity index (χ0v) is 16.3. The molecule has 2 aromatic carbocycles. The summed E-state index contributed by atoms with van der Waals surface area (Å²) in [5.74, 6) is 0.491. The zero-order chi connectivity index (χ0) is 18.9. The van der Waals surface area contributed by atoms with Crippen molar-refractivity contribution in [2.45, 2.75) is 24.5 Å². The fraction of sp³-hybridized carbons (Fsp3) is 0.364. The molecule has 3 rings (SSSR count). The summed E-state index contributed by atoms with van der Waals surface area (Å²) in [4.78, 5) is 26.2. The fourth-order valence-corrected chi connectivity index (χ4v) is 4.40. The molecular formula is C22H26N2O2S. The third kappa shape index (κ3) is 5.86. The first-order valence-corrected chi connectivity index (χ1v) is 10.5.